The second kappa shape index (κ2) is 9.84. The van der Waals surface area contributed by atoms with Gasteiger partial charge in [-0.15, -0.1) is 0 Å². The molecule has 11 heteroatoms. The number of para-hydroxylation sites is 2. The van der Waals surface area contributed by atoms with E-state index in [0.29, 0.717) is 22.8 Å². The van der Waals surface area contributed by atoms with Crippen LogP contribution >= 0.6 is 12.2 Å². The number of anilines is 5. The predicted molar refractivity (Wildman–Crippen MR) is 146 cm³/mol. The van der Waals surface area contributed by atoms with Gasteiger partial charge in [0.1, 0.15) is 11.6 Å². The van der Waals surface area contributed by atoms with Crippen LogP contribution in [-0.2, 0) is 0 Å². The Balaban J connectivity index is 1.34. The maximum absolute atomic E-state index is 5.89. The van der Waals surface area contributed by atoms with Crippen molar-refractivity contribution < 1.29 is 4.74 Å². The van der Waals surface area contributed by atoms with Crippen LogP contribution in [0.15, 0.2) is 72.8 Å². The Morgan fingerprint density at radius 2 is 1.47 bits per heavy atom. The first kappa shape index (κ1) is 23.0. The first-order chi connectivity index (χ1) is 17.5. The molecule has 0 radical (unpaired) electrons. The smallest absolute Gasteiger partial charge is 0.242 e. The van der Waals surface area contributed by atoms with Crippen molar-refractivity contribution in [1.29, 1.82) is 0 Å². The largest absolute Gasteiger partial charge is 0.497 e. The molecule has 10 nitrogen and oxygen atoms in total. The number of nitrogen functional groups attached to an aromatic ring is 1. The fourth-order valence-corrected chi connectivity index (χ4v) is 3.87. The topological polar surface area (TPSA) is 128 Å². The van der Waals surface area contributed by atoms with E-state index in [4.69, 9.17) is 27.7 Å². The number of hydrogen-bond donors (Lipinski definition) is 4. The Morgan fingerprint density at radius 3 is 2.14 bits per heavy atom. The highest BCUT2D eigenvalue weighted by molar-refractivity contribution is 7.80. The van der Waals surface area contributed by atoms with Gasteiger partial charge in [0.15, 0.2) is 5.11 Å². The first-order valence-electron chi connectivity index (χ1n) is 11.0. The summed E-state index contributed by atoms with van der Waals surface area (Å²) < 4.78 is 7.00. The first-order valence-corrected chi connectivity index (χ1v) is 11.4. The Morgan fingerprint density at radius 1 is 0.833 bits per heavy atom. The van der Waals surface area contributed by atoms with Gasteiger partial charge in [-0.2, -0.15) is 15.0 Å². The Kier molecular flexibility index (Phi) is 6.29. The summed E-state index contributed by atoms with van der Waals surface area (Å²) >= 11 is 5.43. The fraction of sp³-hybridized carbons (Fsp3) is 0.0800. The van der Waals surface area contributed by atoms with Gasteiger partial charge in [0.2, 0.25) is 17.8 Å². The molecular formula is C25H23N9OS. The van der Waals surface area contributed by atoms with Crippen molar-refractivity contribution in [3.8, 4) is 11.7 Å². The Hall–Kier alpha value is -4.77. The van der Waals surface area contributed by atoms with Gasteiger partial charge < -0.3 is 26.4 Å². The van der Waals surface area contributed by atoms with E-state index >= 15 is 0 Å². The lowest BCUT2D eigenvalue weighted by atomic mass is 10.3. The molecule has 0 fully saturated rings. The van der Waals surface area contributed by atoms with Crippen LogP contribution < -0.4 is 26.4 Å². The summed E-state index contributed by atoms with van der Waals surface area (Å²) in [4.78, 5) is 17.6. The number of ether oxygens (including phenoxy) is 1. The van der Waals surface area contributed by atoms with Crippen LogP contribution in [0, 0.1) is 6.92 Å². The summed E-state index contributed by atoms with van der Waals surface area (Å²) in [6, 6.07) is 23.0. The number of rotatable bonds is 6. The van der Waals surface area contributed by atoms with Gasteiger partial charge in [0.05, 0.1) is 18.1 Å². The molecular weight excluding hydrogens is 474 g/mol. The van der Waals surface area contributed by atoms with Crippen molar-refractivity contribution in [3.63, 3.8) is 0 Å². The van der Waals surface area contributed by atoms with E-state index in [-0.39, 0.29) is 5.95 Å². The van der Waals surface area contributed by atoms with E-state index in [9.17, 15) is 0 Å². The lowest BCUT2D eigenvalue weighted by molar-refractivity contribution is 0.415. The van der Waals surface area contributed by atoms with E-state index in [1.807, 2.05) is 77.4 Å². The zero-order valence-electron chi connectivity index (χ0n) is 19.6. The summed E-state index contributed by atoms with van der Waals surface area (Å²) in [5, 5.41) is 10.2. The molecule has 2 aromatic heterocycles. The van der Waals surface area contributed by atoms with Gasteiger partial charge in [0.25, 0.3) is 0 Å². The Labute approximate surface area is 212 Å². The average Bonchev–Trinajstić information content (AvgIpc) is 3.23. The van der Waals surface area contributed by atoms with Crippen LogP contribution in [0.1, 0.15) is 5.82 Å². The quantitative estimate of drug-likeness (QED) is 0.246. The van der Waals surface area contributed by atoms with Gasteiger partial charge in [-0.05, 0) is 79.8 Å². The van der Waals surface area contributed by atoms with Gasteiger partial charge in [-0.1, -0.05) is 12.1 Å². The summed E-state index contributed by atoms with van der Waals surface area (Å²) in [7, 11) is 1.63. The van der Waals surface area contributed by atoms with Crippen LogP contribution in [0.25, 0.3) is 17.0 Å². The summed E-state index contributed by atoms with van der Waals surface area (Å²) in [5.41, 5.74) is 10.0. The lowest BCUT2D eigenvalue weighted by Gasteiger charge is -2.13. The molecule has 0 atom stereocenters. The van der Waals surface area contributed by atoms with E-state index < -0.39 is 0 Å². The third-order valence-corrected chi connectivity index (χ3v) is 5.46. The number of imidazole rings is 1. The van der Waals surface area contributed by atoms with E-state index in [1.165, 1.54) is 0 Å². The molecule has 2 heterocycles. The second-order valence-corrected chi connectivity index (χ2v) is 8.22. The molecule has 3 aromatic carbocycles. The van der Waals surface area contributed by atoms with Crippen LogP contribution in [0.4, 0.5) is 29.0 Å². The highest BCUT2D eigenvalue weighted by Gasteiger charge is 2.16. The number of fused-ring (bicyclic) bond motifs is 1. The van der Waals surface area contributed by atoms with Gasteiger partial charge in [-0.3, -0.25) is 0 Å². The maximum atomic E-state index is 5.89. The molecule has 0 spiro atoms. The zero-order chi connectivity index (χ0) is 25.1. The molecule has 36 heavy (non-hydrogen) atoms. The number of nitrogens with zero attached hydrogens (tertiary/aromatic N) is 5. The van der Waals surface area contributed by atoms with E-state index in [2.05, 4.69) is 30.9 Å². The van der Waals surface area contributed by atoms with E-state index in [0.717, 1.165) is 33.8 Å². The maximum Gasteiger partial charge on any atom is 0.242 e. The van der Waals surface area contributed by atoms with Crippen molar-refractivity contribution >= 4 is 57.3 Å². The zero-order valence-corrected chi connectivity index (χ0v) is 20.4. The number of aromatic nitrogens is 5. The van der Waals surface area contributed by atoms with Crippen molar-refractivity contribution in [2.24, 2.45) is 0 Å². The number of methoxy groups -OCH3 is 1. The molecule has 0 bridgehead atoms. The number of benzene rings is 3. The molecule has 0 saturated carbocycles. The van der Waals surface area contributed by atoms with Gasteiger partial charge in [0, 0.05) is 17.1 Å². The number of nitrogens with two attached hydrogens (primary N) is 1. The number of aryl methyl sites for hydroxylation is 1. The van der Waals surface area contributed by atoms with Crippen molar-refractivity contribution in [2.75, 3.05) is 28.8 Å². The summed E-state index contributed by atoms with van der Waals surface area (Å²) in [6.07, 6.45) is 0. The monoisotopic (exact) mass is 497 g/mol. The molecule has 0 aliphatic heterocycles. The molecule has 0 aliphatic carbocycles. The summed E-state index contributed by atoms with van der Waals surface area (Å²) in [6.45, 7) is 1.77. The molecule has 5 aromatic rings. The number of hydrogen-bond acceptors (Lipinski definition) is 8. The minimum absolute atomic E-state index is 0.149. The van der Waals surface area contributed by atoms with Crippen LogP contribution in [-0.4, -0.2) is 36.7 Å². The molecule has 0 saturated heterocycles. The highest BCUT2D eigenvalue weighted by atomic mass is 32.1. The minimum Gasteiger partial charge on any atom is -0.497 e. The standard InChI is InChI=1S/C25H23N9OS/c1-15-27-22(26)33-23(28-15)34-21-6-4-3-5-20(21)32-24(34)29-16-7-9-17(10-8-16)30-25(36)31-18-11-13-19(35-2)14-12-18/h3-14H,1-2H3,(H,29,32)(H2,30,31,36)(H2,26,27,28,33). The predicted octanol–water partition coefficient (Wildman–Crippen LogP) is 4.66. The molecule has 5 N–H and O–H groups in total. The Bertz CT molecular complexity index is 1510. The SMILES string of the molecule is COc1ccc(NC(=S)Nc2ccc(Nc3nc4ccccc4n3-c3nc(C)nc(N)n3)cc2)cc1. The molecule has 5 rings (SSSR count). The molecule has 180 valence electrons. The highest BCUT2D eigenvalue weighted by Crippen LogP contribution is 2.26. The van der Waals surface area contributed by atoms with Gasteiger partial charge in [-0.25, -0.2) is 9.55 Å². The molecule has 0 amide bonds. The van der Waals surface area contributed by atoms with Crippen molar-refractivity contribution in [3.05, 3.63) is 78.6 Å². The van der Waals surface area contributed by atoms with Crippen LogP contribution in [0.5, 0.6) is 5.75 Å². The fourth-order valence-electron chi connectivity index (χ4n) is 3.63. The van der Waals surface area contributed by atoms with Crippen molar-refractivity contribution in [1.82, 2.24) is 24.5 Å². The normalized spacial score (nSPS) is 10.7. The third-order valence-electron chi connectivity index (χ3n) is 5.26. The third kappa shape index (κ3) is 5.00. The minimum atomic E-state index is 0.149. The number of thiocarbonyl (C=S) groups is 1. The average molecular weight is 498 g/mol. The molecule has 0 unspecified atom stereocenters. The lowest BCUT2D eigenvalue weighted by Crippen LogP contribution is -2.18. The second-order valence-electron chi connectivity index (χ2n) is 7.81. The van der Waals surface area contributed by atoms with E-state index in [1.54, 1.807) is 14.0 Å². The summed E-state index contributed by atoms with van der Waals surface area (Å²) in [5.74, 6) is 2.40. The van der Waals surface area contributed by atoms with Crippen molar-refractivity contribution in [2.45, 2.75) is 6.92 Å². The number of nitrogens with one attached hydrogen (secondary N) is 3. The molecule has 0 aliphatic rings. The van der Waals surface area contributed by atoms with Gasteiger partial charge >= 0.3 is 0 Å². The van der Waals surface area contributed by atoms with Crippen LogP contribution in [0.2, 0.25) is 0 Å². The van der Waals surface area contributed by atoms with Crippen LogP contribution in [0.3, 0.4) is 0 Å².